The molecule has 0 aromatic rings. The fourth-order valence-corrected chi connectivity index (χ4v) is 0.473. The number of nitrogens with zero attached hydrogens (tertiary/aromatic N) is 2. The van der Waals surface area contributed by atoms with Crippen molar-refractivity contribution in [2.75, 3.05) is 0 Å². The summed E-state index contributed by atoms with van der Waals surface area (Å²) in [6.45, 7) is 0. The van der Waals surface area contributed by atoms with E-state index in [-0.39, 0.29) is 0 Å². The molecule has 0 N–H and O–H groups in total. The zero-order valence-corrected chi connectivity index (χ0v) is 4.86. The normalized spacial score (nSPS) is 25.7. The number of hydrogen-bond acceptors (Lipinski definition) is 2. The molecule has 0 aromatic carbocycles. The lowest BCUT2D eigenvalue weighted by molar-refractivity contribution is -0.0686. The molecule has 0 radical (unpaired) electrons. The second-order valence-corrected chi connectivity index (χ2v) is 1.65. The Hall–Kier alpha value is -1.14. The molecule has 0 spiro atoms. The fraction of sp³-hybridized carbons (Fsp3) is 0.250. The summed E-state index contributed by atoms with van der Waals surface area (Å²) >= 11 is 0. The number of alkyl halides is 1. The number of aliphatic imine (C=N–C) groups is 1. The lowest BCUT2D eigenvalue weighted by Crippen LogP contribution is -2.26. The second kappa shape index (κ2) is 2.48. The zero-order valence-electron chi connectivity index (χ0n) is 4.86. The standard InChI is InChI=1S/C4HF5N2/c5-1-2(6)10-4(8)11(9)3(1)7/h4H. The van der Waals surface area contributed by atoms with Crippen LogP contribution in [0.4, 0.5) is 22.0 Å². The molecule has 1 aliphatic rings. The molecule has 0 saturated heterocycles. The van der Waals surface area contributed by atoms with Crippen molar-refractivity contribution < 1.29 is 22.0 Å². The van der Waals surface area contributed by atoms with Crippen molar-refractivity contribution in [2.24, 2.45) is 4.99 Å². The minimum Gasteiger partial charge on any atom is -0.197 e. The van der Waals surface area contributed by atoms with E-state index in [9.17, 15) is 22.0 Å². The topological polar surface area (TPSA) is 15.6 Å². The van der Waals surface area contributed by atoms with E-state index in [1.165, 1.54) is 0 Å². The highest BCUT2D eigenvalue weighted by molar-refractivity contribution is 5.91. The molecular weight excluding hydrogens is 171 g/mol. The maximum atomic E-state index is 12.0. The summed E-state index contributed by atoms with van der Waals surface area (Å²) in [5.41, 5.74) is 0. The van der Waals surface area contributed by atoms with Crippen LogP contribution in [0.15, 0.2) is 16.8 Å². The highest BCUT2D eigenvalue weighted by Gasteiger charge is 2.32. The van der Waals surface area contributed by atoms with Gasteiger partial charge in [-0.15, -0.1) is 5.12 Å². The van der Waals surface area contributed by atoms with Crippen molar-refractivity contribution >= 4 is 5.97 Å². The van der Waals surface area contributed by atoms with Crippen LogP contribution in [0, 0.1) is 0 Å². The average molecular weight is 172 g/mol. The van der Waals surface area contributed by atoms with E-state index >= 15 is 0 Å². The molecule has 1 heterocycles. The Morgan fingerprint density at radius 1 is 1.27 bits per heavy atom. The largest absolute Gasteiger partial charge is 0.298 e. The van der Waals surface area contributed by atoms with Crippen LogP contribution in [0.1, 0.15) is 0 Å². The van der Waals surface area contributed by atoms with Gasteiger partial charge < -0.3 is 0 Å². The van der Waals surface area contributed by atoms with Crippen molar-refractivity contribution in [3.63, 3.8) is 0 Å². The molecule has 0 bridgehead atoms. The van der Waals surface area contributed by atoms with Crippen LogP contribution in [-0.4, -0.2) is 17.5 Å². The summed E-state index contributed by atoms with van der Waals surface area (Å²) in [6.07, 6.45) is -2.85. The molecule has 1 unspecified atom stereocenters. The van der Waals surface area contributed by atoms with E-state index in [0.29, 0.717) is 0 Å². The van der Waals surface area contributed by atoms with Crippen LogP contribution in [0.2, 0.25) is 0 Å². The number of hydrogen-bond donors (Lipinski definition) is 0. The number of allylic oxidation sites excluding steroid dienone is 1. The molecule has 1 aliphatic heterocycles. The van der Waals surface area contributed by atoms with Crippen molar-refractivity contribution in [2.45, 2.75) is 6.42 Å². The van der Waals surface area contributed by atoms with Gasteiger partial charge in [0.1, 0.15) is 0 Å². The molecule has 2 nitrogen and oxygen atoms in total. The monoisotopic (exact) mass is 172 g/mol. The van der Waals surface area contributed by atoms with Gasteiger partial charge in [0.25, 0.3) is 18.3 Å². The van der Waals surface area contributed by atoms with Gasteiger partial charge in [0.15, 0.2) is 0 Å². The molecule has 0 aromatic heterocycles. The Balaban J connectivity index is 3.02. The summed E-state index contributed by atoms with van der Waals surface area (Å²) in [5.74, 6) is -6.37. The van der Waals surface area contributed by atoms with Crippen LogP contribution in [0.3, 0.4) is 0 Å². The van der Waals surface area contributed by atoms with E-state index < -0.39 is 29.3 Å². The fourth-order valence-electron chi connectivity index (χ4n) is 0.473. The minimum atomic E-state index is -2.85. The summed E-state index contributed by atoms with van der Waals surface area (Å²) in [5, 5.41) is -1.25. The van der Waals surface area contributed by atoms with Gasteiger partial charge in [0.2, 0.25) is 5.83 Å². The van der Waals surface area contributed by atoms with Crippen LogP contribution in [-0.2, 0) is 0 Å². The van der Waals surface area contributed by atoms with Crippen LogP contribution in [0.25, 0.3) is 0 Å². The summed E-state index contributed by atoms with van der Waals surface area (Å²) in [6, 6.07) is 0. The van der Waals surface area contributed by atoms with Crippen LogP contribution in [0.5, 0.6) is 0 Å². The minimum absolute atomic E-state index is 1.25. The number of halogens is 5. The van der Waals surface area contributed by atoms with Crippen LogP contribution >= 0.6 is 0 Å². The van der Waals surface area contributed by atoms with Gasteiger partial charge in [-0.2, -0.15) is 22.6 Å². The molecular formula is C4HF5N2. The Bertz CT molecular complexity index is 235. The van der Waals surface area contributed by atoms with Gasteiger partial charge in [0.05, 0.1) is 0 Å². The third-order valence-corrected chi connectivity index (χ3v) is 0.957. The lowest BCUT2D eigenvalue weighted by Gasteiger charge is -2.16. The van der Waals surface area contributed by atoms with Crippen molar-refractivity contribution in [3.05, 3.63) is 11.8 Å². The molecule has 0 fully saturated rings. The van der Waals surface area contributed by atoms with Crippen molar-refractivity contribution in [1.29, 1.82) is 0 Å². The van der Waals surface area contributed by atoms with Gasteiger partial charge in [-0.25, -0.2) is 0 Å². The van der Waals surface area contributed by atoms with Gasteiger partial charge in [-0.3, -0.25) is 0 Å². The smallest absolute Gasteiger partial charge is 0.197 e. The van der Waals surface area contributed by atoms with Gasteiger partial charge in [-0.1, -0.05) is 4.48 Å². The molecule has 1 rings (SSSR count). The average Bonchev–Trinajstić information content (AvgIpc) is 1.97. The maximum absolute atomic E-state index is 12.0. The first-order valence-electron chi connectivity index (χ1n) is 2.42. The van der Waals surface area contributed by atoms with E-state index in [0.717, 1.165) is 0 Å². The highest BCUT2D eigenvalue weighted by atomic mass is 19.2. The molecule has 1 atom stereocenters. The Kier molecular flexibility index (Phi) is 1.79. The van der Waals surface area contributed by atoms with E-state index in [4.69, 9.17) is 0 Å². The number of rotatable bonds is 0. The first-order chi connectivity index (χ1) is 5.04. The zero-order chi connectivity index (χ0) is 8.59. The van der Waals surface area contributed by atoms with Crippen molar-refractivity contribution in [1.82, 2.24) is 5.12 Å². The van der Waals surface area contributed by atoms with Gasteiger partial charge in [-0.05, 0) is 0 Å². The first kappa shape index (κ1) is 7.96. The molecule has 0 aliphatic carbocycles. The Morgan fingerprint density at radius 2 is 1.82 bits per heavy atom. The molecule has 7 heteroatoms. The van der Waals surface area contributed by atoms with E-state index in [2.05, 4.69) is 4.99 Å². The molecule has 62 valence electrons. The predicted octanol–water partition coefficient (Wildman–Crippen LogP) is 1.92. The Labute approximate surface area is 57.6 Å². The predicted molar refractivity (Wildman–Crippen MR) is 25.6 cm³/mol. The second-order valence-electron chi connectivity index (χ2n) is 1.65. The molecule has 11 heavy (non-hydrogen) atoms. The van der Waals surface area contributed by atoms with E-state index in [1.54, 1.807) is 0 Å². The summed E-state index contributed by atoms with van der Waals surface area (Å²) in [7, 11) is 0. The third-order valence-electron chi connectivity index (χ3n) is 0.957. The summed E-state index contributed by atoms with van der Waals surface area (Å²) in [4.78, 5) is 2.16. The van der Waals surface area contributed by atoms with E-state index in [1.807, 2.05) is 0 Å². The SMILES string of the molecule is FC1=NC(F)N(F)C(F)=C1F. The quantitative estimate of drug-likeness (QED) is 0.309. The van der Waals surface area contributed by atoms with Crippen LogP contribution < -0.4 is 0 Å². The Morgan fingerprint density at radius 3 is 2.36 bits per heavy atom. The third kappa shape index (κ3) is 1.17. The van der Waals surface area contributed by atoms with Gasteiger partial charge in [0, 0.05) is 0 Å². The highest BCUT2D eigenvalue weighted by Crippen LogP contribution is 2.25. The maximum Gasteiger partial charge on any atom is 0.298 e. The summed E-state index contributed by atoms with van der Waals surface area (Å²) < 4.78 is 59.6. The molecule has 0 amide bonds. The van der Waals surface area contributed by atoms with Gasteiger partial charge >= 0.3 is 0 Å². The lowest BCUT2D eigenvalue weighted by atomic mass is 10.5. The first-order valence-corrected chi connectivity index (χ1v) is 2.42. The van der Waals surface area contributed by atoms with Crippen molar-refractivity contribution in [3.8, 4) is 0 Å². The molecule has 0 saturated carbocycles.